The first-order valence-electron chi connectivity index (χ1n) is 7.91. The molecule has 124 valence electrons. The van der Waals surface area contributed by atoms with Crippen LogP contribution in [0.5, 0.6) is 5.75 Å². The average molecular weight is 325 g/mol. The Hall–Kier alpha value is -2.76. The van der Waals surface area contributed by atoms with E-state index in [-0.39, 0.29) is 30.2 Å². The highest BCUT2D eigenvalue weighted by atomic mass is 16.5. The number of carbonyl (C=O) groups is 2. The predicted octanol–water partition coefficient (Wildman–Crippen LogP) is 2.57. The molecule has 1 aliphatic rings. The van der Waals surface area contributed by atoms with Gasteiger partial charge in [0, 0.05) is 6.42 Å². The first-order valence-corrected chi connectivity index (χ1v) is 7.91. The zero-order valence-electron chi connectivity index (χ0n) is 13.7. The van der Waals surface area contributed by atoms with Crippen LogP contribution in [0.15, 0.2) is 30.3 Å². The summed E-state index contributed by atoms with van der Waals surface area (Å²) < 4.78 is 5.40. The quantitative estimate of drug-likeness (QED) is 0.934. The normalized spacial score (nSPS) is 16.4. The Morgan fingerprint density at radius 2 is 2.00 bits per heavy atom. The summed E-state index contributed by atoms with van der Waals surface area (Å²) in [5, 5.41) is 2.64. The van der Waals surface area contributed by atoms with E-state index in [0.29, 0.717) is 35.5 Å². The van der Waals surface area contributed by atoms with Crippen LogP contribution in [0.2, 0.25) is 0 Å². The Balaban J connectivity index is 1.69. The number of hydrogen-bond acceptors (Lipinski definition) is 5. The highest BCUT2D eigenvalue weighted by molar-refractivity contribution is 5.99. The van der Waals surface area contributed by atoms with Gasteiger partial charge in [-0.25, -0.2) is 9.97 Å². The fraction of sp³-hybridized carbons (Fsp3) is 0.333. The molecule has 1 amide bonds. The van der Waals surface area contributed by atoms with Crippen LogP contribution in [0.1, 0.15) is 35.1 Å². The molecule has 0 spiro atoms. The molecule has 1 aromatic carbocycles. The van der Waals surface area contributed by atoms with Crippen molar-refractivity contribution in [3.8, 4) is 5.75 Å². The molecule has 0 radical (unpaired) electrons. The number of benzene rings is 1. The van der Waals surface area contributed by atoms with Gasteiger partial charge in [0.25, 0.3) is 5.91 Å². The van der Waals surface area contributed by atoms with Gasteiger partial charge in [-0.2, -0.15) is 0 Å². The molecule has 1 unspecified atom stereocenters. The van der Waals surface area contributed by atoms with Crippen LogP contribution >= 0.6 is 0 Å². The van der Waals surface area contributed by atoms with E-state index in [4.69, 9.17) is 4.74 Å². The van der Waals surface area contributed by atoms with Gasteiger partial charge < -0.3 is 4.74 Å². The number of aryl methyl sites for hydroxylation is 1. The minimum atomic E-state index is -0.339. The van der Waals surface area contributed by atoms with Crippen molar-refractivity contribution in [1.29, 1.82) is 0 Å². The summed E-state index contributed by atoms with van der Waals surface area (Å²) in [7, 11) is 0. The number of para-hydroxylation sites is 1. The van der Waals surface area contributed by atoms with Crippen LogP contribution in [0.4, 0.5) is 5.95 Å². The standard InChI is InChI=1S/C18H19N3O3/c1-11-8-14-17(15(22)9-11)12(2)19-18(20-14)21-16(23)10-24-13-6-4-3-5-7-13/h3-7,11H,8-10H2,1-2H3,(H,19,20,21,23). The number of nitrogens with zero attached hydrogens (tertiary/aromatic N) is 2. The Kier molecular flexibility index (Phi) is 4.55. The molecule has 0 fully saturated rings. The lowest BCUT2D eigenvalue weighted by Gasteiger charge is -2.21. The summed E-state index contributed by atoms with van der Waals surface area (Å²) in [5.41, 5.74) is 1.92. The number of nitrogens with one attached hydrogen (secondary N) is 1. The van der Waals surface area contributed by atoms with Crippen molar-refractivity contribution in [2.75, 3.05) is 11.9 Å². The molecule has 1 heterocycles. The van der Waals surface area contributed by atoms with E-state index in [2.05, 4.69) is 15.3 Å². The van der Waals surface area contributed by atoms with Gasteiger partial charge >= 0.3 is 0 Å². The van der Waals surface area contributed by atoms with E-state index in [9.17, 15) is 9.59 Å². The Bertz CT molecular complexity index is 775. The van der Waals surface area contributed by atoms with E-state index < -0.39 is 0 Å². The molecular formula is C18H19N3O3. The summed E-state index contributed by atoms with van der Waals surface area (Å²) in [6.07, 6.45) is 1.24. The third-order valence-electron chi connectivity index (χ3n) is 3.88. The summed E-state index contributed by atoms with van der Waals surface area (Å²) in [4.78, 5) is 32.7. The number of ketones is 1. The lowest BCUT2D eigenvalue weighted by molar-refractivity contribution is -0.118. The van der Waals surface area contributed by atoms with Crippen LogP contribution in [-0.2, 0) is 11.2 Å². The minimum absolute atomic E-state index is 0.0755. The van der Waals surface area contributed by atoms with Gasteiger partial charge in [0.15, 0.2) is 12.4 Å². The zero-order valence-corrected chi connectivity index (χ0v) is 13.7. The van der Waals surface area contributed by atoms with Gasteiger partial charge in [-0.1, -0.05) is 25.1 Å². The molecule has 1 aromatic heterocycles. The molecule has 2 aromatic rings. The number of hydrogen-bond donors (Lipinski definition) is 1. The molecule has 0 aliphatic heterocycles. The van der Waals surface area contributed by atoms with Crippen LogP contribution in [-0.4, -0.2) is 28.3 Å². The fourth-order valence-corrected chi connectivity index (χ4v) is 2.85. The summed E-state index contributed by atoms with van der Waals surface area (Å²) in [6, 6.07) is 9.10. The van der Waals surface area contributed by atoms with E-state index in [0.717, 1.165) is 0 Å². The van der Waals surface area contributed by atoms with E-state index >= 15 is 0 Å². The molecule has 0 saturated heterocycles. The lowest BCUT2D eigenvalue weighted by Crippen LogP contribution is -2.25. The topological polar surface area (TPSA) is 81.2 Å². The number of rotatable bonds is 4. The number of anilines is 1. The molecular weight excluding hydrogens is 306 g/mol. The molecule has 24 heavy (non-hydrogen) atoms. The van der Waals surface area contributed by atoms with Gasteiger partial charge in [-0.05, 0) is 31.4 Å². The summed E-state index contributed by atoms with van der Waals surface area (Å²) in [6.45, 7) is 3.66. The van der Waals surface area contributed by atoms with Crippen molar-refractivity contribution < 1.29 is 14.3 Å². The van der Waals surface area contributed by atoms with Crippen molar-refractivity contribution >= 4 is 17.6 Å². The molecule has 6 nitrogen and oxygen atoms in total. The van der Waals surface area contributed by atoms with Crippen LogP contribution in [0.25, 0.3) is 0 Å². The van der Waals surface area contributed by atoms with Crippen molar-refractivity contribution in [2.24, 2.45) is 5.92 Å². The van der Waals surface area contributed by atoms with Crippen LogP contribution < -0.4 is 10.1 Å². The van der Waals surface area contributed by atoms with Gasteiger partial charge in [0.05, 0.1) is 17.0 Å². The number of Topliss-reactive ketones (excluding diaryl/α,β-unsaturated/α-hetero) is 1. The second-order valence-electron chi connectivity index (χ2n) is 6.04. The maximum absolute atomic E-state index is 12.1. The van der Waals surface area contributed by atoms with E-state index in [1.807, 2.05) is 25.1 Å². The highest BCUT2D eigenvalue weighted by Gasteiger charge is 2.26. The molecule has 0 bridgehead atoms. The number of fused-ring (bicyclic) bond motifs is 1. The van der Waals surface area contributed by atoms with Gasteiger partial charge in [-0.3, -0.25) is 14.9 Å². The second-order valence-corrected chi connectivity index (χ2v) is 6.04. The SMILES string of the molecule is Cc1nc(NC(=O)COc2ccccc2)nc2c1C(=O)CC(C)C2. The number of aromatic nitrogens is 2. The summed E-state index contributed by atoms with van der Waals surface area (Å²) in [5.74, 6) is 0.827. The number of amides is 1. The maximum atomic E-state index is 12.1. The molecule has 0 saturated carbocycles. The van der Waals surface area contributed by atoms with E-state index in [1.54, 1.807) is 19.1 Å². The molecule has 1 N–H and O–H groups in total. The maximum Gasteiger partial charge on any atom is 0.264 e. The van der Waals surface area contributed by atoms with Crippen molar-refractivity contribution in [3.63, 3.8) is 0 Å². The van der Waals surface area contributed by atoms with Gasteiger partial charge in [0.2, 0.25) is 5.95 Å². The van der Waals surface area contributed by atoms with Crippen molar-refractivity contribution in [1.82, 2.24) is 9.97 Å². The van der Waals surface area contributed by atoms with Crippen LogP contribution in [0.3, 0.4) is 0 Å². The third kappa shape index (κ3) is 3.59. The molecule has 1 atom stereocenters. The van der Waals surface area contributed by atoms with Gasteiger partial charge in [-0.15, -0.1) is 0 Å². The Morgan fingerprint density at radius 1 is 1.25 bits per heavy atom. The monoisotopic (exact) mass is 325 g/mol. The molecule has 1 aliphatic carbocycles. The van der Waals surface area contributed by atoms with Gasteiger partial charge in [0.1, 0.15) is 5.75 Å². The lowest BCUT2D eigenvalue weighted by atomic mass is 9.86. The third-order valence-corrected chi connectivity index (χ3v) is 3.88. The Labute approximate surface area is 140 Å². The van der Waals surface area contributed by atoms with Crippen molar-refractivity contribution in [2.45, 2.75) is 26.7 Å². The summed E-state index contributed by atoms with van der Waals surface area (Å²) >= 11 is 0. The smallest absolute Gasteiger partial charge is 0.264 e. The zero-order chi connectivity index (χ0) is 17.1. The highest BCUT2D eigenvalue weighted by Crippen LogP contribution is 2.26. The Morgan fingerprint density at radius 3 is 2.75 bits per heavy atom. The second kappa shape index (κ2) is 6.78. The first-order chi connectivity index (χ1) is 11.5. The fourth-order valence-electron chi connectivity index (χ4n) is 2.85. The number of carbonyl (C=O) groups excluding carboxylic acids is 2. The predicted molar refractivity (Wildman–Crippen MR) is 89.2 cm³/mol. The van der Waals surface area contributed by atoms with Crippen LogP contribution in [0, 0.1) is 12.8 Å². The van der Waals surface area contributed by atoms with E-state index in [1.165, 1.54) is 0 Å². The average Bonchev–Trinajstić information content (AvgIpc) is 2.53. The first kappa shape index (κ1) is 16.1. The molecule has 6 heteroatoms. The largest absolute Gasteiger partial charge is 0.484 e. The molecule has 3 rings (SSSR count). The van der Waals surface area contributed by atoms with Crippen molar-refractivity contribution in [3.05, 3.63) is 47.3 Å². The number of ether oxygens (including phenoxy) is 1. The minimum Gasteiger partial charge on any atom is -0.484 e.